The number of nitrogens with zero attached hydrogens (tertiary/aromatic N) is 3. The lowest BCUT2D eigenvalue weighted by molar-refractivity contribution is 0.101. The number of H-pyrrole nitrogens is 1. The van der Waals surface area contributed by atoms with E-state index in [1.54, 1.807) is 0 Å². The number of rotatable bonds is 5. The van der Waals surface area contributed by atoms with Crippen LogP contribution in [0.15, 0.2) is 23.0 Å². The van der Waals surface area contributed by atoms with Gasteiger partial charge < -0.3 is 5.32 Å². The zero-order valence-corrected chi connectivity index (χ0v) is 14.4. The summed E-state index contributed by atoms with van der Waals surface area (Å²) >= 11 is 0. The van der Waals surface area contributed by atoms with E-state index in [1.165, 1.54) is 42.5 Å². The van der Waals surface area contributed by atoms with Gasteiger partial charge in [0.15, 0.2) is 5.82 Å². The average Bonchev–Trinajstić information content (AvgIpc) is 3.33. The Morgan fingerprint density at radius 2 is 2.24 bits per heavy atom. The highest BCUT2D eigenvalue weighted by Crippen LogP contribution is 2.52. The molecule has 2 saturated carbocycles. The molecule has 0 spiro atoms. The lowest BCUT2D eigenvalue weighted by Crippen LogP contribution is -2.26. The van der Waals surface area contributed by atoms with Gasteiger partial charge in [0.25, 0.3) is 11.5 Å². The molecular weight excluding hydrogens is 318 g/mol. The van der Waals surface area contributed by atoms with Crippen molar-refractivity contribution in [2.75, 3.05) is 5.32 Å². The van der Waals surface area contributed by atoms with E-state index < -0.39 is 0 Å². The smallest absolute Gasteiger partial charge is 0.277 e. The van der Waals surface area contributed by atoms with Crippen molar-refractivity contribution in [2.45, 2.75) is 51.5 Å². The third-order valence-corrected chi connectivity index (χ3v) is 5.51. The second-order valence-electron chi connectivity index (χ2n) is 7.22. The highest BCUT2D eigenvalue weighted by molar-refractivity contribution is 6.02. The van der Waals surface area contributed by atoms with E-state index in [2.05, 4.69) is 20.6 Å². The first kappa shape index (κ1) is 16.1. The van der Waals surface area contributed by atoms with E-state index in [1.807, 2.05) is 13.0 Å². The monoisotopic (exact) mass is 341 g/mol. The van der Waals surface area contributed by atoms with Gasteiger partial charge in [0.1, 0.15) is 5.69 Å². The number of hydrogen-bond acceptors (Lipinski definition) is 4. The molecule has 4 rings (SSSR count). The van der Waals surface area contributed by atoms with Crippen LogP contribution in [0.25, 0.3) is 0 Å². The summed E-state index contributed by atoms with van der Waals surface area (Å²) in [5, 5.41) is 14.2. The number of aryl methyl sites for hydroxylation is 1. The Balaban J connectivity index is 1.46. The van der Waals surface area contributed by atoms with Crippen LogP contribution in [0.3, 0.4) is 0 Å². The Bertz CT molecular complexity index is 840. The summed E-state index contributed by atoms with van der Waals surface area (Å²) < 4.78 is 1.32. The van der Waals surface area contributed by atoms with Gasteiger partial charge in [-0.1, -0.05) is 13.3 Å². The van der Waals surface area contributed by atoms with E-state index in [-0.39, 0.29) is 17.2 Å². The van der Waals surface area contributed by atoms with Crippen LogP contribution < -0.4 is 10.9 Å². The van der Waals surface area contributed by atoms with Gasteiger partial charge in [-0.25, -0.2) is 4.68 Å². The molecule has 7 heteroatoms. The summed E-state index contributed by atoms with van der Waals surface area (Å²) in [6.07, 6.45) is 6.00. The molecule has 2 aromatic rings. The van der Waals surface area contributed by atoms with Gasteiger partial charge in [-0.3, -0.25) is 14.7 Å². The Morgan fingerprint density at radius 1 is 1.36 bits per heavy atom. The number of amides is 1. The highest BCUT2D eigenvalue weighted by Gasteiger charge is 2.40. The maximum absolute atomic E-state index is 12.4. The molecule has 2 bridgehead atoms. The molecular formula is C18H23N5O2. The van der Waals surface area contributed by atoms with Gasteiger partial charge >= 0.3 is 0 Å². The zero-order chi connectivity index (χ0) is 17.4. The zero-order valence-electron chi connectivity index (χ0n) is 14.4. The molecule has 1 amide bonds. The normalized spacial score (nSPS) is 24.6. The van der Waals surface area contributed by atoms with Crippen molar-refractivity contribution in [1.29, 1.82) is 0 Å². The fourth-order valence-corrected chi connectivity index (χ4v) is 4.34. The highest BCUT2D eigenvalue weighted by atomic mass is 16.2. The summed E-state index contributed by atoms with van der Waals surface area (Å²) in [6, 6.07) is 4.77. The van der Waals surface area contributed by atoms with Crippen LogP contribution >= 0.6 is 0 Å². The van der Waals surface area contributed by atoms with Crippen LogP contribution in [-0.4, -0.2) is 25.9 Å². The fourth-order valence-electron chi connectivity index (χ4n) is 4.34. The van der Waals surface area contributed by atoms with Crippen molar-refractivity contribution in [3.63, 3.8) is 0 Å². The minimum atomic E-state index is -0.351. The quantitative estimate of drug-likeness (QED) is 0.874. The van der Waals surface area contributed by atoms with Crippen molar-refractivity contribution in [2.24, 2.45) is 11.8 Å². The second-order valence-corrected chi connectivity index (χ2v) is 7.22. The molecule has 132 valence electrons. The number of aromatic amines is 1. The third-order valence-electron chi connectivity index (χ3n) is 5.51. The first-order valence-electron chi connectivity index (χ1n) is 9.09. The van der Waals surface area contributed by atoms with Gasteiger partial charge in [-0.2, -0.15) is 10.2 Å². The van der Waals surface area contributed by atoms with E-state index in [9.17, 15) is 9.59 Å². The Morgan fingerprint density at radius 3 is 2.96 bits per heavy atom. The molecule has 3 unspecified atom stereocenters. The van der Waals surface area contributed by atoms with Gasteiger partial charge in [-0.15, -0.1) is 0 Å². The number of anilines is 1. The summed E-state index contributed by atoms with van der Waals surface area (Å²) in [5.74, 6) is 2.32. The van der Waals surface area contributed by atoms with Crippen LogP contribution in [0.2, 0.25) is 0 Å². The summed E-state index contributed by atoms with van der Waals surface area (Å²) in [4.78, 5) is 24.1. The molecule has 0 aliphatic heterocycles. The van der Waals surface area contributed by atoms with Crippen molar-refractivity contribution < 1.29 is 4.79 Å². The lowest BCUT2D eigenvalue weighted by atomic mass is 9.86. The van der Waals surface area contributed by atoms with Crippen LogP contribution in [0.5, 0.6) is 0 Å². The van der Waals surface area contributed by atoms with E-state index in [0.717, 1.165) is 24.0 Å². The molecule has 0 aromatic carbocycles. The Hall–Kier alpha value is -2.44. The number of carbonyl (C=O) groups is 1. The summed E-state index contributed by atoms with van der Waals surface area (Å²) in [5.41, 5.74) is 1.14. The number of carbonyl (C=O) groups excluding carboxylic acids is 1. The summed E-state index contributed by atoms with van der Waals surface area (Å²) in [7, 11) is 0. The van der Waals surface area contributed by atoms with E-state index >= 15 is 0 Å². The number of aromatic nitrogens is 4. The van der Waals surface area contributed by atoms with Gasteiger partial charge in [0.05, 0.1) is 0 Å². The fraction of sp³-hybridized carbons (Fsp3) is 0.556. The molecule has 3 atom stereocenters. The first-order chi connectivity index (χ1) is 12.1. The van der Waals surface area contributed by atoms with Crippen LogP contribution in [0.1, 0.15) is 61.1 Å². The molecule has 2 N–H and O–H groups in total. The number of nitrogens with one attached hydrogen (secondary N) is 2. The van der Waals surface area contributed by atoms with E-state index in [4.69, 9.17) is 0 Å². The predicted molar refractivity (Wildman–Crippen MR) is 93.5 cm³/mol. The summed E-state index contributed by atoms with van der Waals surface area (Å²) in [6.45, 7) is 2.46. The topological polar surface area (TPSA) is 92.7 Å². The van der Waals surface area contributed by atoms with Gasteiger partial charge in [0.2, 0.25) is 0 Å². The molecule has 2 aromatic heterocycles. The molecule has 25 heavy (non-hydrogen) atoms. The predicted octanol–water partition coefficient (Wildman–Crippen LogP) is 2.53. The molecule has 0 radical (unpaired) electrons. The molecule has 0 saturated heterocycles. The van der Waals surface area contributed by atoms with Crippen molar-refractivity contribution >= 4 is 11.7 Å². The van der Waals surface area contributed by atoms with Crippen LogP contribution in [-0.2, 0) is 6.54 Å². The van der Waals surface area contributed by atoms with Crippen molar-refractivity contribution in [3.8, 4) is 0 Å². The average molecular weight is 341 g/mol. The van der Waals surface area contributed by atoms with Crippen molar-refractivity contribution in [3.05, 3.63) is 39.9 Å². The maximum Gasteiger partial charge on any atom is 0.277 e. The Labute approximate surface area is 145 Å². The van der Waals surface area contributed by atoms with Crippen LogP contribution in [0, 0.1) is 11.8 Å². The molecule has 7 nitrogen and oxygen atoms in total. The number of hydrogen-bond donors (Lipinski definition) is 2. The SMILES string of the molecule is CCCn1nc(C(=O)Nc2cc(C3CC4CCC3C4)[nH]n2)ccc1=O. The lowest BCUT2D eigenvalue weighted by Gasteiger charge is -2.19. The minimum absolute atomic E-state index is 0.197. The maximum atomic E-state index is 12.4. The first-order valence-corrected chi connectivity index (χ1v) is 9.09. The van der Waals surface area contributed by atoms with E-state index in [0.29, 0.717) is 18.3 Å². The van der Waals surface area contributed by atoms with Crippen LogP contribution in [0.4, 0.5) is 5.82 Å². The van der Waals surface area contributed by atoms with Gasteiger partial charge in [0, 0.05) is 30.3 Å². The van der Waals surface area contributed by atoms with Crippen molar-refractivity contribution in [1.82, 2.24) is 20.0 Å². The largest absolute Gasteiger partial charge is 0.304 e. The minimum Gasteiger partial charge on any atom is -0.304 e. The Kier molecular flexibility index (Phi) is 4.15. The second kappa shape index (κ2) is 6.46. The molecule has 2 heterocycles. The third kappa shape index (κ3) is 3.10. The van der Waals surface area contributed by atoms with Gasteiger partial charge in [-0.05, 0) is 43.6 Å². The molecule has 2 aliphatic rings. The molecule has 2 aliphatic carbocycles. The standard InChI is InChI=1S/C18H23N5O2/c1-2-7-23-17(24)6-5-14(22-23)18(25)19-16-10-15(20-21-16)13-9-11-3-4-12(13)8-11/h5-6,10-13H,2-4,7-9H2,1H3,(H2,19,20,21,25). The number of fused-ring (bicyclic) bond motifs is 2. The molecule has 2 fully saturated rings.